The van der Waals surface area contributed by atoms with E-state index in [0.717, 1.165) is 12.1 Å². The summed E-state index contributed by atoms with van der Waals surface area (Å²) in [5.74, 6) is 1.04. The molecule has 1 aromatic carbocycles. The molecule has 0 saturated heterocycles. The lowest BCUT2D eigenvalue weighted by Crippen LogP contribution is -2.18. The van der Waals surface area contributed by atoms with Crippen LogP contribution in [0.1, 0.15) is 45.3 Å². The predicted octanol–water partition coefficient (Wildman–Crippen LogP) is 4.07. The highest BCUT2D eigenvalue weighted by atomic mass is 19.1. The lowest BCUT2D eigenvalue weighted by atomic mass is 10.1. The number of rotatable bonds is 6. The summed E-state index contributed by atoms with van der Waals surface area (Å²) in [6.45, 7) is 8.91. The number of nitrogens with zero attached hydrogens (tertiary/aromatic N) is 2. The van der Waals surface area contributed by atoms with E-state index in [0.29, 0.717) is 11.5 Å². The minimum atomic E-state index is -0.264. The molecule has 1 unspecified atom stereocenters. The Morgan fingerprint density at radius 1 is 1.33 bits per heavy atom. The van der Waals surface area contributed by atoms with Gasteiger partial charge in [-0.05, 0) is 45.5 Å². The van der Waals surface area contributed by atoms with Crippen LogP contribution >= 0.6 is 0 Å². The van der Waals surface area contributed by atoms with Gasteiger partial charge in [0.2, 0.25) is 0 Å². The van der Waals surface area contributed by atoms with Crippen LogP contribution in [0.15, 0.2) is 30.6 Å². The van der Waals surface area contributed by atoms with Gasteiger partial charge in [0.1, 0.15) is 11.6 Å². The predicted molar refractivity (Wildman–Crippen MR) is 81.2 cm³/mol. The summed E-state index contributed by atoms with van der Waals surface area (Å²) in [5, 5.41) is 7.51. The maximum Gasteiger partial charge on any atom is 0.165 e. The Morgan fingerprint density at radius 3 is 2.71 bits per heavy atom. The maximum atomic E-state index is 13.5. The normalized spacial score (nSPS) is 12.7. The summed E-state index contributed by atoms with van der Waals surface area (Å²) in [5.41, 5.74) is 0.800. The van der Waals surface area contributed by atoms with Crippen LogP contribution in [0, 0.1) is 5.82 Å². The van der Waals surface area contributed by atoms with Gasteiger partial charge in [-0.2, -0.15) is 5.10 Å². The van der Waals surface area contributed by atoms with Crippen LogP contribution in [0.3, 0.4) is 0 Å². The first-order valence-electron chi connectivity index (χ1n) is 7.26. The third-order valence-corrected chi connectivity index (χ3v) is 3.28. The molecule has 114 valence electrons. The Balaban J connectivity index is 2.25. The Kier molecular flexibility index (Phi) is 4.96. The molecular formula is C16H22FN3O. The lowest BCUT2D eigenvalue weighted by Gasteiger charge is -2.17. The van der Waals surface area contributed by atoms with Gasteiger partial charge in [-0.1, -0.05) is 6.92 Å². The molecule has 0 saturated carbocycles. The lowest BCUT2D eigenvalue weighted by molar-refractivity contribution is 0.456. The highest BCUT2D eigenvalue weighted by Gasteiger charge is 2.14. The fourth-order valence-corrected chi connectivity index (χ4v) is 2.15. The minimum absolute atomic E-state index is 0.0147. The number of hydrogen-bond donors (Lipinski definition) is 1. The van der Waals surface area contributed by atoms with Crippen molar-refractivity contribution in [3.63, 3.8) is 0 Å². The highest BCUT2D eigenvalue weighted by molar-refractivity contribution is 5.39. The summed E-state index contributed by atoms with van der Waals surface area (Å²) < 4.78 is 21.2. The van der Waals surface area contributed by atoms with Crippen molar-refractivity contribution in [1.82, 2.24) is 15.1 Å². The number of ether oxygens (including phenoxy) is 1. The first-order valence-corrected chi connectivity index (χ1v) is 7.26. The number of nitrogens with one attached hydrogen (secondary N) is 1. The fourth-order valence-electron chi connectivity index (χ4n) is 2.15. The van der Waals surface area contributed by atoms with Crippen LogP contribution in [-0.2, 0) is 0 Å². The van der Waals surface area contributed by atoms with Crippen molar-refractivity contribution in [2.24, 2.45) is 0 Å². The highest BCUT2D eigenvalue weighted by Crippen LogP contribution is 2.30. The van der Waals surface area contributed by atoms with Crippen LogP contribution in [0.2, 0.25) is 0 Å². The molecule has 0 amide bonds. The standard InChI is InChI=1S/C16H22FN3O/c1-5-18-12(4)15-8-13(17)6-7-16(15)21-14-9-19-20(10-14)11(2)3/h6-12,18H,5H2,1-4H3. The summed E-state index contributed by atoms with van der Waals surface area (Å²) in [4.78, 5) is 0. The van der Waals surface area contributed by atoms with Crippen molar-refractivity contribution in [2.75, 3.05) is 6.54 Å². The smallest absolute Gasteiger partial charge is 0.165 e. The van der Waals surface area contributed by atoms with Gasteiger partial charge >= 0.3 is 0 Å². The van der Waals surface area contributed by atoms with Gasteiger partial charge < -0.3 is 10.1 Å². The van der Waals surface area contributed by atoms with Gasteiger partial charge in [0.25, 0.3) is 0 Å². The third-order valence-electron chi connectivity index (χ3n) is 3.28. The van der Waals surface area contributed by atoms with E-state index in [1.807, 2.05) is 38.6 Å². The molecule has 2 rings (SSSR count). The second kappa shape index (κ2) is 6.72. The molecule has 0 bridgehead atoms. The molecule has 0 spiro atoms. The average Bonchev–Trinajstić information content (AvgIpc) is 2.90. The Hall–Kier alpha value is -1.88. The number of halogens is 1. The van der Waals surface area contributed by atoms with E-state index in [4.69, 9.17) is 4.74 Å². The quantitative estimate of drug-likeness (QED) is 0.872. The summed E-state index contributed by atoms with van der Waals surface area (Å²) in [7, 11) is 0. The van der Waals surface area contributed by atoms with E-state index in [1.165, 1.54) is 12.1 Å². The molecule has 1 aromatic heterocycles. The molecule has 0 aliphatic rings. The van der Waals surface area contributed by atoms with E-state index < -0.39 is 0 Å². The molecule has 4 nitrogen and oxygen atoms in total. The van der Waals surface area contributed by atoms with Gasteiger partial charge in [0.05, 0.1) is 12.4 Å². The van der Waals surface area contributed by atoms with Crippen LogP contribution < -0.4 is 10.1 Å². The molecule has 0 radical (unpaired) electrons. The van der Waals surface area contributed by atoms with E-state index in [9.17, 15) is 4.39 Å². The van der Waals surface area contributed by atoms with Crippen LogP contribution in [0.5, 0.6) is 11.5 Å². The maximum absolute atomic E-state index is 13.5. The molecule has 1 atom stereocenters. The molecule has 1 N–H and O–H groups in total. The second-order valence-electron chi connectivity index (χ2n) is 5.31. The molecule has 2 aromatic rings. The van der Waals surface area contributed by atoms with Crippen molar-refractivity contribution in [3.8, 4) is 11.5 Å². The van der Waals surface area contributed by atoms with Crippen molar-refractivity contribution in [3.05, 3.63) is 42.0 Å². The van der Waals surface area contributed by atoms with Crippen molar-refractivity contribution in [1.29, 1.82) is 0 Å². The van der Waals surface area contributed by atoms with Gasteiger partial charge in [0, 0.05) is 17.6 Å². The zero-order valence-corrected chi connectivity index (χ0v) is 12.9. The van der Waals surface area contributed by atoms with Gasteiger partial charge in [-0.15, -0.1) is 0 Å². The van der Waals surface area contributed by atoms with Crippen molar-refractivity contribution >= 4 is 0 Å². The molecule has 0 fully saturated rings. The first kappa shape index (κ1) is 15.5. The molecule has 21 heavy (non-hydrogen) atoms. The zero-order valence-electron chi connectivity index (χ0n) is 12.9. The zero-order chi connectivity index (χ0) is 15.4. The van der Waals surface area contributed by atoms with Gasteiger partial charge in [0.15, 0.2) is 5.75 Å². The molecule has 0 aliphatic heterocycles. The Morgan fingerprint density at radius 2 is 2.10 bits per heavy atom. The van der Waals surface area contributed by atoms with Crippen molar-refractivity contribution < 1.29 is 9.13 Å². The van der Waals surface area contributed by atoms with Crippen LogP contribution in [-0.4, -0.2) is 16.3 Å². The number of hydrogen-bond acceptors (Lipinski definition) is 3. The average molecular weight is 291 g/mol. The van der Waals surface area contributed by atoms with Gasteiger partial charge in [-0.3, -0.25) is 4.68 Å². The Bertz CT molecular complexity index is 595. The minimum Gasteiger partial charge on any atom is -0.454 e. The fraction of sp³-hybridized carbons (Fsp3) is 0.438. The largest absolute Gasteiger partial charge is 0.454 e. The topological polar surface area (TPSA) is 39.1 Å². The molecule has 5 heteroatoms. The molecule has 0 aliphatic carbocycles. The summed E-state index contributed by atoms with van der Waals surface area (Å²) in [6, 6.07) is 4.86. The van der Waals surface area contributed by atoms with E-state index in [1.54, 1.807) is 12.3 Å². The van der Waals surface area contributed by atoms with E-state index in [2.05, 4.69) is 10.4 Å². The van der Waals surface area contributed by atoms with Gasteiger partial charge in [-0.25, -0.2) is 4.39 Å². The SMILES string of the molecule is CCNC(C)c1cc(F)ccc1Oc1cnn(C(C)C)c1. The molecule has 1 heterocycles. The van der Waals surface area contributed by atoms with E-state index >= 15 is 0 Å². The first-order chi connectivity index (χ1) is 10.0. The van der Waals surface area contributed by atoms with E-state index in [-0.39, 0.29) is 17.9 Å². The monoisotopic (exact) mass is 291 g/mol. The Labute approximate surface area is 124 Å². The summed E-state index contributed by atoms with van der Waals surface area (Å²) >= 11 is 0. The second-order valence-corrected chi connectivity index (χ2v) is 5.31. The third kappa shape index (κ3) is 3.82. The van der Waals surface area contributed by atoms with Crippen LogP contribution in [0.25, 0.3) is 0 Å². The summed E-state index contributed by atoms with van der Waals surface area (Å²) in [6.07, 6.45) is 3.51. The van der Waals surface area contributed by atoms with Crippen molar-refractivity contribution in [2.45, 2.75) is 39.8 Å². The number of aromatic nitrogens is 2. The number of benzene rings is 1. The van der Waals surface area contributed by atoms with Crippen LogP contribution in [0.4, 0.5) is 4.39 Å². The molecular weight excluding hydrogens is 269 g/mol.